The molecule has 2 aromatic heterocycles. The molecule has 5 heteroatoms. The van der Waals surface area contributed by atoms with Crippen molar-refractivity contribution in [1.29, 1.82) is 0 Å². The molecule has 0 saturated carbocycles. The first-order valence-corrected chi connectivity index (χ1v) is 7.47. The number of ether oxygens (including phenoxy) is 1. The Morgan fingerprint density at radius 2 is 2.20 bits per heavy atom. The van der Waals surface area contributed by atoms with Crippen LogP contribution >= 0.6 is 11.3 Å². The lowest BCUT2D eigenvalue weighted by atomic mass is 10.3. The Hall–Kier alpha value is -1.59. The minimum atomic E-state index is -0.0245. The van der Waals surface area contributed by atoms with E-state index in [0.717, 1.165) is 10.6 Å². The Balaban J connectivity index is 2.00. The lowest BCUT2D eigenvalue weighted by Gasteiger charge is -2.21. The maximum Gasteiger partial charge on any atom is 0.249 e. The standard InChI is InChI=1S/C15H19NO3S/c1-12(2)19-11-15(17)16(9-13-5-3-7-18-13)10-14-6-4-8-20-14/h3-8,12H,9-11H2,1-2H3. The van der Waals surface area contributed by atoms with Crippen molar-refractivity contribution in [3.8, 4) is 0 Å². The van der Waals surface area contributed by atoms with Crippen LogP contribution in [0.4, 0.5) is 0 Å². The Labute approximate surface area is 123 Å². The minimum Gasteiger partial charge on any atom is -0.467 e. The highest BCUT2D eigenvalue weighted by Gasteiger charge is 2.17. The third-order valence-corrected chi connectivity index (χ3v) is 3.61. The average Bonchev–Trinajstić information content (AvgIpc) is 3.08. The predicted molar refractivity (Wildman–Crippen MR) is 78.4 cm³/mol. The fourth-order valence-electron chi connectivity index (χ4n) is 1.74. The molecule has 2 heterocycles. The lowest BCUT2D eigenvalue weighted by Crippen LogP contribution is -2.33. The highest BCUT2D eigenvalue weighted by atomic mass is 32.1. The summed E-state index contributed by atoms with van der Waals surface area (Å²) in [5.74, 6) is 0.753. The molecule has 1 amide bonds. The van der Waals surface area contributed by atoms with Crippen molar-refractivity contribution in [1.82, 2.24) is 4.90 Å². The molecule has 108 valence electrons. The highest BCUT2D eigenvalue weighted by Crippen LogP contribution is 2.15. The molecule has 2 rings (SSSR count). The summed E-state index contributed by atoms with van der Waals surface area (Å²) >= 11 is 1.64. The molecular formula is C15H19NO3S. The number of thiophene rings is 1. The van der Waals surface area contributed by atoms with Gasteiger partial charge >= 0.3 is 0 Å². The van der Waals surface area contributed by atoms with Gasteiger partial charge in [-0.3, -0.25) is 4.79 Å². The number of hydrogen-bond acceptors (Lipinski definition) is 4. The summed E-state index contributed by atoms with van der Waals surface area (Å²) in [7, 11) is 0. The molecule has 20 heavy (non-hydrogen) atoms. The molecule has 0 aliphatic carbocycles. The van der Waals surface area contributed by atoms with Crippen LogP contribution in [0.15, 0.2) is 40.3 Å². The van der Waals surface area contributed by atoms with Crippen LogP contribution in [0.25, 0.3) is 0 Å². The first kappa shape index (κ1) is 14.8. The van der Waals surface area contributed by atoms with Gasteiger partial charge < -0.3 is 14.1 Å². The Morgan fingerprint density at radius 1 is 1.35 bits per heavy atom. The first-order valence-electron chi connectivity index (χ1n) is 6.59. The second-order valence-electron chi connectivity index (χ2n) is 4.77. The first-order chi connectivity index (χ1) is 9.65. The van der Waals surface area contributed by atoms with E-state index in [1.807, 2.05) is 43.5 Å². The van der Waals surface area contributed by atoms with Crippen molar-refractivity contribution in [2.24, 2.45) is 0 Å². The minimum absolute atomic E-state index is 0.0245. The van der Waals surface area contributed by atoms with Crippen molar-refractivity contribution >= 4 is 17.2 Å². The van der Waals surface area contributed by atoms with Crippen molar-refractivity contribution < 1.29 is 13.9 Å². The van der Waals surface area contributed by atoms with Gasteiger partial charge in [-0.2, -0.15) is 0 Å². The van der Waals surface area contributed by atoms with E-state index in [2.05, 4.69) is 0 Å². The molecule has 0 bridgehead atoms. The van der Waals surface area contributed by atoms with Crippen molar-refractivity contribution in [3.05, 3.63) is 46.5 Å². The summed E-state index contributed by atoms with van der Waals surface area (Å²) in [5.41, 5.74) is 0. The molecule has 0 spiro atoms. The number of nitrogens with zero attached hydrogens (tertiary/aromatic N) is 1. The summed E-state index contributed by atoms with van der Waals surface area (Å²) < 4.78 is 10.7. The van der Waals surface area contributed by atoms with E-state index in [9.17, 15) is 4.79 Å². The third-order valence-electron chi connectivity index (χ3n) is 2.75. The van der Waals surface area contributed by atoms with Gasteiger partial charge in [0, 0.05) is 4.88 Å². The van der Waals surface area contributed by atoms with Gasteiger partial charge in [0.15, 0.2) is 0 Å². The van der Waals surface area contributed by atoms with Crippen molar-refractivity contribution in [2.45, 2.75) is 33.0 Å². The normalized spacial score (nSPS) is 10.9. The quantitative estimate of drug-likeness (QED) is 0.786. The highest BCUT2D eigenvalue weighted by molar-refractivity contribution is 7.09. The van der Waals surface area contributed by atoms with E-state index < -0.39 is 0 Å². The largest absolute Gasteiger partial charge is 0.467 e. The maximum atomic E-state index is 12.3. The smallest absolute Gasteiger partial charge is 0.249 e. The number of hydrogen-bond donors (Lipinski definition) is 0. The molecule has 0 aliphatic rings. The monoisotopic (exact) mass is 293 g/mol. The number of amides is 1. The molecule has 0 aliphatic heterocycles. The van der Waals surface area contributed by atoms with Gasteiger partial charge in [-0.05, 0) is 37.4 Å². The summed E-state index contributed by atoms with van der Waals surface area (Å²) in [4.78, 5) is 15.2. The molecule has 0 unspecified atom stereocenters. The van der Waals surface area contributed by atoms with E-state index in [-0.39, 0.29) is 18.6 Å². The van der Waals surface area contributed by atoms with Crippen molar-refractivity contribution in [2.75, 3.05) is 6.61 Å². The van der Waals surface area contributed by atoms with Crippen LogP contribution in [0.2, 0.25) is 0 Å². The van der Waals surface area contributed by atoms with Gasteiger partial charge in [-0.1, -0.05) is 6.07 Å². The zero-order chi connectivity index (χ0) is 14.4. The molecule has 0 aromatic carbocycles. The summed E-state index contributed by atoms with van der Waals surface area (Å²) in [6.45, 7) is 4.99. The molecule has 0 fully saturated rings. The maximum absolute atomic E-state index is 12.3. The van der Waals surface area contributed by atoms with Gasteiger partial charge in [0.05, 0.1) is 25.5 Å². The van der Waals surface area contributed by atoms with Gasteiger partial charge in [0.1, 0.15) is 12.4 Å². The Kier molecular flexibility index (Phi) is 5.38. The lowest BCUT2D eigenvalue weighted by molar-refractivity contribution is -0.139. The van der Waals surface area contributed by atoms with Crippen LogP contribution < -0.4 is 0 Å². The zero-order valence-electron chi connectivity index (χ0n) is 11.7. The van der Waals surface area contributed by atoms with Gasteiger partial charge in [-0.25, -0.2) is 0 Å². The molecule has 2 aromatic rings. The van der Waals surface area contributed by atoms with Crippen LogP contribution in [-0.2, 0) is 22.6 Å². The summed E-state index contributed by atoms with van der Waals surface area (Å²) in [5, 5.41) is 2.01. The fourth-order valence-corrected chi connectivity index (χ4v) is 2.46. The second-order valence-corrected chi connectivity index (χ2v) is 5.80. The molecule has 4 nitrogen and oxygen atoms in total. The summed E-state index contributed by atoms with van der Waals surface area (Å²) in [6, 6.07) is 7.71. The van der Waals surface area contributed by atoms with E-state index in [1.54, 1.807) is 22.5 Å². The fraction of sp³-hybridized carbons (Fsp3) is 0.400. The van der Waals surface area contributed by atoms with Gasteiger partial charge in [0.2, 0.25) is 5.91 Å². The van der Waals surface area contributed by atoms with Crippen LogP contribution in [-0.4, -0.2) is 23.5 Å². The van der Waals surface area contributed by atoms with Crippen molar-refractivity contribution in [3.63, 3.8) is 0 Å². The predicted octanol–water partition coefficient (Wildman–Crippen LogP) is 3.29. The Bertz CT molecular complexity index is 469. The van der Waals surface area contributed by atoms with Crippen LogP contribution in [0.5, 0.6) is 0 Å². The number of furan rings is 1. The summed E-state index contributed by atoms with van der Waals surface area (Å²) in [6.07, 6.45) is 1.67. The number of carbonyl (C=O) groups is 1. The van der Waals surface area contributed by atoms with E-state index in [0.29, 0.717) is 13.1 Å². The topological polar surface area (TPSA) is 42.7 Å². The molecule has 0 N–H and O–H groups in total. The van der Waals surface area contributed by atoms with E-state index in [4.69, 9.17) is 9.15 Å². The average molecular weight is 293 g/mol. The Morgan fingerprint density at radius 3 is 2.80 bits per heavy atom. The van der Waals surface area contributed by atoms with E-state index in [1.165, 1.54) is 0 Å². The van der Waals surface area contributed by atoms with Crippen LogP contribution in [0, 0.1) is 0 Å². The number of carbonyl (C=O) groups excluding carboxylic acids is 1. The molecule has 0 atom stereocenters. The van der Waals surface area contributed by atoms with E-state index >= 15 is 0 Å². The van der Waals surface area contributed by atoms with Gasteiger partial charge in [-0.15, -0.1) is 11.3 Å². The number of rotatable bonds is 7. The van der Waals surface area contributed by atoms with Crippen LogP contribution in [0.3, 0.4) is 0 Å². The second kappa shape index (κ2) is 7.26. The molecule has 0 saturated heterocycles. The molecule has 0 radical (unpaired) electrons. The molecular weight excluding hydrogens is 274 g/mol. The van der Waals surface area contributed by atoms with Crippen LogP contribution in [0.1, 0.15) is 24.5 Å². The third kappa shape index (κ3) is 4.51. The van der Waals surface area contributed by atoms with Gasteiger partial charge in [0.25, 0.3) is 0 Å². The SMILES string of the molecule is CC(C)OCC(=O)N(Cc1ccco1)Cc1cccs1. The zero-order valence-corrected chi connectivity index (χ0v) is 12.6.